The van der Waals surface area contributed by atoms with Crippen molar-refractivity contribution in [3.8, 4) is 11.5 Å². The van der Waals surface area contributed by atoms with Crippen LogP contribution >= 0.6 is 11.3 Å². The van der Waals surface area contributed by atoms with Crippen LogP contribution in [0.25, 0.3) is 0 Å². The van der Waals surface area contributed by atoms with Crippen molar-refractivity contribution < 1.29 is 23.8 Å². The third kappa shape index (κ3) is 5.64. The molecule has 1 aliphatic heterocycles. The number of carbonyl (C=O) groups is 2. The van der Waals surface area contributed by atoms with Gasteiger partial charge in [-0.2, -0.15) is 0 Å². The molecule has 0 saturated carbocycles. The van der Waals surface area contributed by atoms with E-state index in [0.29, 0.717) is 37.7 Å². The number of benzene rings is 1. The lowest BCUT2D eigenvalue weighted by Gasteiger charge is -2.29. The fraction of sp³-hybridized carbons (Fsp3) is 0.429. The molecule has 3 amide bonds. The van der Waals surface area contributed by atoms with Crippen LogP contribution in [0, 0.1) is 0 Å². The molecule has 0 N–H and O–H groups in total. The third-order valence-corrected chi connectivity index (χ3v) is 5.50. The van der Waals surface area contributed by atoms with Gasteiger partial charge in [-0.05, 0) is 29.1 Å². The van der Waals surface area contributed by atoms with Crippen LogP contribution in [0.1, 0.15) is 10.4 Å². The molecule has 8 nitrogen and oxygen atoms in total. The van der Waals surface area contributed by atoms with Crippen LogP contribution < -0.4 is 9.47 Å². The Hall–Kier alpha value is -2.78. The summed E-state index contributed by atoms with van der Waals surface area (Å²) in [5.41, 5.74) is 0.937. The van der Waals surface area contributed by atoms with Gasteiger partial charge in [0.1, 0.15) is 6.54 Å². The van der Waals surface area contributed by atoms with E-state index in [-0.39, 0.29) is 25.3 Å². The first-order chi connectivity index (χ1) is 14.5. The maximum absolute atomic E-state index is 13.2. The van der Waals surface area contributed by atoms with E-state index in [2.05, 4.69) is 0 Å². The van der Waals surface area contributed by atoms with Crippen molar-refractivity contribution in [3.63, 3.8) is 0 Å². The minimum Gasteiger partial charge on any atom is -0.454 e. The van der Waals surface area contributed by atoms with Gasteiger partial charge in [0.15, 0.2) is 11.5 Å². The topological polar surface area (TPSA) is 71.5 Å². The summed E-state index contributed by atoms with van der Waals surface area (Å²) in [5, 5.41) is 1.99. The Balaban J connectivity index is 1.76. The van der Waals surface area contributed by atoms with E-state index in [1.807, 2.05) is 35.7 Å². The van der Waals surface area contributed by atoms with E-state index in [1.165, 1.54) is 9.80 Å². The predicted octanol–water partition coefficient (Wildman–Crippen LogP) is 2.64. The summed E-state index contributed by atoms with van der Waals surface area (Å²) in [5.74, 6) is 1.25. The van der Waals surface area contributed by atoms with E-state index < -0.39 is 0 Å². The highest BCUT2D eigenvalue weighted by Crippen LogP contribution is 2.33. The number of thiophene rings is 1. The molecule has 0 saturated heterocycles. The molecule has 0 unspecified atom stereocenters. The summed E-state index contributed by atoms with van der Waals surface area (Å²) >= 11 is 1.60. The van der Waals surface area contributed by atoms with Crippen LogP contribution in [0.3, 0.4) is 0 Å². The van der Waals surface area contributed by atoms with Gasteiger partial charge < -0.3 is 28.9 Å². The van der Waals surface area contributed by atoms with Crippen LogP contribution in [-0.2, 0) is 22.6 Å². The summed E-state index contributed by atoms with van der Waals surface area (Å²) in [4.78, 5) is 31.5. The molecule has 0 bridgehead atoms. The molecule has 30 heavy (non-hydrogen) atoms. The van der Waals surface area contributed by atoms with Crippen molar-refractivity contribution in [2.45, 2.75) is 13.1 Å². The number of ether oxygens (including phenoxy) is 3. The van der Waals surface area contributed by atoms with Crippen molar-refractivity contribution in [2.24, 2.45) is 0 Å². The lowest BCUT2D eigenvalue weighted by atomic mass is 10.2. The van der Waals surface area contributed by atoms with Gasteiger partial charge in [-0.15, -0.1) is 11.3 Å². The normalized spacial score (nSPS) is 12.0. The first kappa shape index (κ1) is 21.9. The van der Waals surface area contributed by atoms with E-state index >= 15 is 0 Å². The van der Waals surface area contributed by atoms with Gasteiger partial charge in [-0.25, -0.2) is 4.79 Å². The Bertz CT molecular complexity index is 856. The van der Waals surface area contributed by atoms with Crippen molar-refractivity contribution in [2.75, 3.05) is 47.7 Å². The Morgan fingerprint density at radius 3 is 2.60 bits per heavy atom. The molecule has 0 aliphatic carbocycles. The van der Waals surface area contributed by atoms with Crippen molar-refractivity contribution in [1.82, 2.24) is 14.7 Å². The second-order valence-corrected chi connectivity index (χ2v) is 8.14. The lowest BCUT2D eigenvalue weighted by Crippen LogP contribution is -2.47. The van der Waals surface area contributed by atoms with Gasteiger partial charge in [-0.1, -0.05) is 12.1 Å². The largest absolute Gasteiger partial charge is 0.454 e. The van der Waals surface area contributed by atoms with Crippen LogP contribution in [0.15, 0.2) is 35.7 Å². The predicted molar refractivity (Wildman–Crippen MR) is 114 cm³/mol. The van der Waals surface area contributed by atoms with Gasteiger partial charge in [-0.3, -0.25) is 4.79 Å². The molecule has 3 rings (SSSR count). The smallest absolute Gasteiger partial charge is 0.320 e. The summed E-state index contributed by atoms with van der Waals surface area (Å²) in [6, 6.07) is 9.41. The van der Waals surface area contributed by atoms with Crippen molar-refractivity contribution in [1.29, 1.82) is 0 Å². The monoisotopic (exact) mass is 433 g/mol. The van der Waals surface area contributed by atoms with Crippen LogP contribution in [0.5, 0.6) is 11.5 Å². The fourth-order valence-corrected chi connectivity index (χ4v) is 3.79. The van der Waals surface area contributed by atoms with Gasteiger partial charge in [0.2, 0.25) is 12.7 Å². The third-order valence-electron chi connectivity index (χ3n) is 4.63. The molecule has 1 aromatic carbocycles. The lowest BCUT2D eigenvalue weighted by molar-refractivity contribution is -0.133. The van der Waals surface area contributed by atoms with Crippen molar-refractivity contribution >= 4 is 23.3 Å². The average molecular weight is 434 g/mol. The molecule has 2 aromatic rings. The zero-order chi connectivity index (χ0) is 21.5. The molecular weight excluding hydrogens is 406 g/mol. The summed E-state index contributed by atoms with van der Waals surface area (Å²) in [7, 11) is 4.91. The molecule has 0 spiro atoms. The number of amides is 3. The Morgan fingerprint density at radius 1 is 1.10 bits per heavy atom. The molecule has 162 valence electrons. The Morgan fingerprint density at radius 2 is 1.90 bits per heavy atom. The number of methoxy groups -OCH3 is 1. The SMILES string of the molecule is COCCN(CC(=O)N(Cc1ccc2c(c1)OCO2)Cc1cccs1)C(=O)N(C)C. The number of hydrogen-bond donors (Lipinski definition) is 0. The van der Waals surface area contributed by atoms with E-state index in [4.69, 9.17) is 14.2 Å². The van der Waals surface area contributed by atoms with Crippen LogP contribution in [0.4, 0.5) is 4.79 Å². The Labute approximate surface area is 180 Å². The number of rotatable bonds is 9. The van der Waals surface area contributed by atoms with Gasteiger partial charge in [0.05, 0.1) is 13.2 Å². The van der Waals surface area contributed by atoms with Crippen LogP contribution in [-0.4, -0.2) is 74.3 Å². The van der Waals surface area contributed by atoms with E-state index in [9.17, 15) is 9.59 Å². The van der Waals surface area contributed by atoms with Crippen LogP contribution in [0.2, 0.25) is 0 Å². The zero-order valence-corrected chi connectivity index (χ0v) is 18.3. The molecular formula is C21H27N3O5S. The maximum atomic E-state index is 13.2. The molecule has 0 atom stereocenters. The Kier molecular flexibility index (Phi) is 7.53. The minimum absolute atomic E-state index is 0.0176. The first-order valence-electron chi connectivity index (χ1n) is 9.61. The second-order valence-electron chi connectivity index (χ2n) is 7.11. The highest BCUT2D eigenvalue weighted by Gasteiger charge is 2.23. The second kappa shape index (κ2) is 10.3. The summed E-state index contributed by atoms with van der Waals surface area (Å²) in [6.45, 7) is 1.77. The maximum Gasteiger partial charge on any atom is 0.320 e. The quantitative estimate of drug-likeness (QED) is 0.608. The fourth-order valence-electron chi connectivity index (χ4n) is 3.07. The molecule has 1 aliphatic rings. The highest BCUT2D eigenvalue weighted by molar-refractivity contribution is 7.09. The van der Waals surface area contributed by atoms with Crippen molar-refractivity contribution in [3.05, 3.63) is 46.2 Å². The molecule has 1 aromatic heterocycles. The number of carbonyl (C=O) groups excluding carboxylic acids is 2. The van der Waals surface area contributed by atoms with Gasteiger partial charge in [0, 0.05) is 39.2 Å². The summed E-state index contributed by atoms with van der Waals surface area (Å²) in [6.07, 6.45) is 0. The van der Waals surface area contributed by atoms with E-state index in [1.54, 1.807) is 37.4 Å². The first-order valence-corrected chi connectivity index (χ1v) is 10.5. The molecule has 9 heteroatoms. The van der Waals surface area contributed by atoms with Gasteiger partial charge >= 0.3 is 6.03 Å². The van der Waals surface area contributed by atoms with Gasteiger partial charge in [0.25, 0.3) is 0 Å². The average Bonchev–Trinajstić information content (AvgIpc) is 3.41. The molecule has 0 fully saturated rings. The number of urea groups is 1. The van der Waals surface area contributed by atoms with E-state index in [0.717, 1.165) is 10.4 Å². The number of nitrogens with zero attached hydrogens (tertiary/aromatic N) is 3. The number of fused-ring (bicyclic) bond motifs is 1. The summed E-state index contributed by atoms with van der Waals surface area (Å²) < 4.78 is 15.9. The zero-order valence-electron chi connectivity index (χ0n) is 17.5. The molecule has 2 heterocycles. The number of hydrogen-bond acceptors (Lipinski definition) is 6. The standard InChI is InChI=1S/C21H27N3O5S/c1-22(2)21(26)23(8-9-27-3)14-20(25)24(13-17-5-4-10-30-17)12-16-6-7-18-19(11-16)29-15-28-18/h4-7,10-11H,8-9,12-15H2,1-3H3. The molecule has 0 radical (unpaired) electrons. The highest BCUT2D eigenvalue weighted by atomic mass is 32.1. The minimum atomic E-state index is -0.223.